The molecule has 112 valence electrons. The van der Waals surface area contributed by atoms with Gasteiger partial charge in [0.25, 0.3) is 0 Å². The van der Waals surface area contributed by atoms with Gasteiger partial charge in [-0.3, -0.25) is 0 Å². The highest BCUT2D eigenvalue weighted by Crippen LogP contribution is 2.14. The Morgan fingerprint density at radius 2 is 2.10 bits per heavy atom. The van der Waals surface area contributed by atoms with Gasteiger partial charge in [0.15, 0.2) is 0 Å². The molecule has 0 fully saturated rings. The van der Waals surface area contributed by atoms with E-state index in [1.165, 1.54) is 36.7 Å². The molecule has 0 amide bonds. The molecule has 6 nitrogen and oxygen atoms in total. The van der Waals surface area contributed by atoms with Gasteiger partial charge in [-0.05, 0) is 24.6 Å². The third-order valence-electron chi connectivity index (χ3n) is 2.99. The molecule has 0 aliphatic carbocycles. The van der Waals surface area contributed by atoms with Crippen molar-refractivity contribution in [3.63, 3.8) is 0 Å². The number of aromatic carboxylic acids is 1. The number of sulfonamides is 1. The monoisotopic (exact) mass is 301 g/mol. The standard InChI is InChI=1S/C13H19NO5S/c1-10(8-19-3)14(2)20(17,18)9-11-5-4-6-12(7-11)13(15)16/h4-7,10H,8-9H2,1-3H3,(H,15,16). The van der Waals surface area contributed by atoms with Gasteiger partial charge in [0.05, 0.1) is 17.9 Å². The molecule has 1 rings (SSSR count). The topological polar surface area (TPSA) is 83.9 Å². The molecule has 0 saturated heterocycles. The smallest absolute Gasteiger partial charge is 0.335 e. The van der Waals surface area contributed by atoms with E-state index in [1.54, 1.807) is 13.0 Å². The Hall–Kier alpha value is -1.44. The lowest BCUT2D eigenvalue weighted by molar-refractivity contribution is 0.0696. The summed E-state index contributed by atoms with van der Waals surface area (Å²) >= 11 is 0. The average Bonchev–Trinajstić information content (AvgIpc) is 2.37. The summed E-state index contributed by atoms with van der Waals surface area (Å²) in [5.41, 5.74) is 0.520. The van der Waals surface area contributed by atoms with Gasteiger partial charge in [0.1, 0.15) is 0 Å². The van der Waals surface area contributed by atoms with Crippen molar-refractivity contribution in [2.24, 2.45) is 0 Å². The number of likely N-dealkylation sites (N-methyl/N-ethyl adjacent to an activating group) is 1. The van der Waals surface area contributed by atoms with Gasteiger partial charge in [0, 0.05) is 20.2 Å². The normalized spacial score (nSPS) is 13.4. The zero-order valence-corrected chi connectivity index (χ0v) is 12.6. The Morgan fingerprint density at radius 3 is 2.65 bits per heavy atom. The van der Waals surface area contributed by atoms with E-state index in [4.69, 9.17) is 9.84 Å². The highest BCUT2D eigenvalue weighted by Gasteiger charge is 2.23. The first-order chi connectivity index (χ1) is 9.27. The molecule has 1 atom stereocenters. The maximum atomic E-state index is 12.2. The van der Waals surface area contributed by atoms with Crippen molar-refractivity contribution in [1.29, 1.82) is 0 Å². The molecule has 0 aliphatic heterocycles. The first kappa shape index (κ1) is 16.6. The average molecular weight is 301 g/mol. The van der Waals surface area contributed by atoms with E-state index in [2.05, 4.69) is 0 Å². The first-order valence-corrected chi connectivity index (χ1v) is 7.65. The lowest BCUT2D eigenvalue weighted by atomic mass is 10.1. The van der Waals surface area contributed by atoms with Crippen molar-refractivity contribution in [2.45, 2.75) is 18.7 Å². The number of nitrogens with zero attached hydrogens (tertiary/aromatic N) is 1. The van der Waals surface area contributed by atoms with Crippen LogP contribution >= 0.6 is 0 Å². The van der Waals surface area contributed by atoms with Crippen LogP contribution in [-0.4, -0.2) is 50.6 Å². The van der Waals surface area contributed by atoms with Gasteiger partial charge < -0.3 is 9.84 Å². The molecule has 0 aromatic heterocycles. The number of carbonyl (C=O) groups is 1. The molecule has 1 aromatic rings. The zero-order chi connectivity index (χ0) is 15.3. The molecule has 0 aliphatic rings. The number of hydrogen-bond acceptors (Lipinski definition) is 4. The maximum absolute atomic E-state index is 12.2. The van der Waals surface area contributed by atoms with Crippen molar-refractivity contribution in [2.75, 3.05) is 20.8 Å². The Bertz CT molecular complexity index is 570. The molecule has 7 heteroatoms. The molecule has 1 unspecified atom stereocenters. The summed E-state index contributed by atoms with van der Waals surface area (Å²) in [5.74, 6) is -1.32. The number of hydrogen-bond donors (Lipinski definition) is 1. The Kier molecular flexibility index (Phi) is 5.67. The highest BCUT2D eigenvalue weighted by molar-refractivity contribution is 7.88. The summed E-state index contributed by atoms with van der Waals surface area (Å²) in [6.07, 6.45) is 0. The third-order valence-corrected chi connectivity index (χ3v) is 4.93. The molecule has 1 N–H and O–H groups in total. The van der Waals surface area contributed by atoms with Crippen LogP contribution in [-0.2, 0) is 20.5 Å². The van der Waals surface area contributed by atoms with E-state index in [9.17, 15) is 13.2 Å². The maximum Gasteiger partial charge on any atom is 0.335 e. The summed E-state index contributed by atoms with van der Waals surface area (Å²) in [5, 5.41) is 8.90. The molecule has 0 spiro atoms. The Morgan fingerprint density at radius 1 is 1.45 bits per heavy atom. The van der Waals surface area contributed by atoms with Gasteiger partial charge in [0.2, 0.25) is 10.0 Å². The zero-order valence-electron chi connectivity index (χ0n) is 11.7. The lowest BCUT2D eigenvalue weighted by Gasteiger charge is -2.23. The Labute approximate surface area is 119 Å². The Balaban J connectivity index is 2.91. The number of carboxylic acid groups (broad SMARTS) is 1. The fraction of sp³-hybridized carbons (Fsp3) is 0.462. The predicted octanol–water partition coefficient (Wildman–Crippen LogP) is 1.18. The number of carboxylic acids is 1. The van der Waals surface area contributed by atoms with Crippen molar-refractivity contribution in [3.8, 4) is 0 Å². The summed E-state index contributed by atoms with van der Waals surface area (Å²) in [6, 6.07) is 5.64. The first-order valence-electron chi connectivity index (χ1n) is 6.05. The second-order valence-electron chi connectivity index (χ2n) is 4.58. The van der Waals surface area contributed by atoms with Crippen LogP contribution < -0.4 is 0 Å². The minimum absolute atomic E-state index is 0.0743. The van der Waals surface area contributed by atoms with Gasteiger partial charge in [-0.15, -0.1) is 0 Å². The van der Waals surface area contributed by atoms with E-state index >= 15 is 0 Å². The molecule has 0 heterocycles. The number of benzene rings is 1. The minimum atomic E-state index is -3.52. The highest BCUT2D eigenvalue weighted by atomic mass is 32.2. The predicted molar refractivity (Wildman–Crippen MR) is 75.1 cm³/mol. The third kappa shape index (κ3) is 4.29. The van der Waals surface area contributed by atoms with E-state index in [0.29, 0.717) is 12.2 Å². The van der Waals surface area contributed by atoms with Crippen LogP contribution in [0.4, 0.5) is 0 Å². The van der Waals surface area contributed by atoms with Crippen LogP contribution in [0.25, 0.3) is 0 Å². The van der Waals surface area contributed by atoms with Crippen molar-refractivity contribution in [3.05, 3.63) is 35.4 Å². The van der Waals surface area contributed by atoms with Crippen LogP contribution in [0.1, 0.15) is 22.8 Å². The van der Waals surface area contributed by atoms with Gasteiger partial charge in [-0.2, -0.15) is 4.31 Å². The molecule has 1 aromatic carbocycles. The van der Waals surface area contributed by atoms with Gasteiger partial charge >= 0.3 is 5.97 Å². The van der Waals surface area contributed by atoms with Crippen LogP contribution in [0.5, 0.6) is 0 Å². The molecular weight excluding hydrogens is 282 g/mol. The molecular formula is C13H19NO5S. The van der Waals surface area contributed by atoms with E-state index in [-0.39, 0.29) is 17.4 Å². The molecule has 0 bridgehead atoms. The fourth-order valence-electron chi connectivity index (χ4n) is 1.73. The van der Waals surface area contributed by atoms with Crippen molar-refractivity contribution in [1.82, 2.24) is 4.31 Å². The van der Waals surface area contributed by atoms with Crippen molar-refractivity contribution >= 4 is 16.0 Å². The van der Waals surface area contributed by atoms with Gasteiger partial charge in [-0.25, -0.2) is 13.2 Å². The number of rotatable bonds is 7. The summed E-state index contributed by atoms with van der Waals surface area (Å²) < 4.78 is 30.6. The van der Waals surface area contributed by atoms with Crippen molar-refractivity contribution < 1.29 is 23.1 Å². The lowest BCUT2D eigenvalue weighted by Crippen LogP contribution is -2.38. The second-order valence-corrected chi connectivity index (χ2v) is 6.61. The van der Waals surface area contributed by atoms with E-state index in [1.807, 2.05) is 0 Å². The van der Waals surface area contributed by atoms with Crippen LogP contribution in [0.2, 0.25) is 0 Å². The molecule has 0 saturated carbocycles. The summed E-state index contributed by atoms with van der Waals surface area (Å²) in [7, 11) is -0.523. The van der Waals surface area contributed by atoms with E-state index in [0.717, 1.165) is 0 Å². The second kappa shape index (κ2) is 6.83. The molecule has 0 radical (unpaired) electrons. The minimum Gasteiger partial charge on any atom is -0.478 e. The summed E-state index contributed by atoms with van der Waals surface area (Å²) in [4.78, 5) is 10.9. The quantitative estimate of drug-likeness (QED) is 0.817. The summed E-state index contributed by atoms with van der Waals surface area (Å²) in [6.45, 7) is 2.04. The van der Waals surface area contributed by atoms with Crippen LogP contribution in [0.15, 0.2) is 24.3 Å². The fourth-order valence-corrected chi connectivity index (χ4v) is 3.14. The van der Waals surface area contributed by atoms with E-state index < -0.39 is 16.0 Å². The SMILES string of the molecule is COCC(C)N(C)S(=O)(=O)Cc1cccc(C(=O)O)c1. The number of methoxy groups -OCH3 is 1. The largest absolute Gasteiger partial charge is 0.478 e. The van der Waals surface area contributed by atoms with Gasteiger partial charge in [-0.1, -0.05) is 12.1 Å². The number of ether oxygens (including phenoxy) is 1. The molecule has 20 heavy (non-hydrogen) atoms. The van der Waals surface area contributed by atoms with Crippen LogP contribution in [0, 0.1) is 0 Å². The van der Waals surface area contributed by atoms with Crippen LogP contribution in [0.3, 0.4) is 0 Å².